The first-order chi connectivity index (χ1) is 12.5. The molecule has 1 atom stereocenters. The molecule has 8 heteroatoms. The lowest BCUT2D eigenvalue weighted by Gasteiger charge is -2.28. The second-order valence-electron chi connectivity index (χ2n) is 5.40. The predicted molar refractivity (Wildman–Crippen MR) is 92.1 cm³/mol. The first kappa shape index (κ1) is 17.3. The molecule has 7 nitrogen and oxygen atoms in total. The fraction of sp³-hybridized carbons (Fsp3) is 0.111. The number of nitrogens with one attached hydrogen (secondary N) is 1. The second kappa shape index (κ2) is 7.14. The summed E-state index contributed by atoms with van der Waals surface area (Å²) in [6, 6.07) is 10.6. The van der Waals surface area contributed by atoms with Crippen LogP contribution in [0.3, 0.4) is 0 Å². The molecule has 3 rings (SSSR count). The van der Waals surface area contributed by atoms with Crippen molar-refractivity contribution in [3.63, 3.8) is 0 Å². The molecule has 0 saturated carbocycles. The SMILES string of the molecule is COc1ccc(N2C(=O)NC(=O)[C@@H](C=Nc3ccc(F)cc3)C2=O)cc1. The fourth-order valence-corrected chi connectivity index (χ4v) is 2.39. The van der Waals surface area contributed by atoms with Gasteiger partial charge in [-0.15, -0.1) is 0 Å². The van der Waals surface area contributed by atoms with Crippen molar-refractivity contribution in [2.45, 2.75) is 0 Å². The number of hydrogen-bond donors (Lipinski definition) is 1. The van der Waals surface area contributed by atoms with Crippen LogP contribution in [-0.4, -0.2) is 31.2 Å². The van der Waals surface area contributed by atoms with Crippen LogP contribution in [0.1, 0.15) is 0 Å². The predicted octanol–water partition coefficient (Wildman–Crippen LogP) is 2.44. The average Bonchev–Trinajstić information content (AvgIpc) is 2.63. The van der Waals surface area contributed by atoms with Crippen molar-refractivity contribution in [1.29, 1.82) is 0 Å². The van der Waals surface area contributed by atoms with Crippen molar-refractivity contribution < 1.29 is 23.5 Å². The van der Waals surface area contributed by atoms with E-state index in [-0.39, 0.29) is 0 Å². The Hall–Kier alpha value is -3.55. The maximum atomic E-state index is 12.9. The van der Waals surface area contributed by atoms with E-state index in [1.165, 1.54) is 43.5 Å². The monoisotopic (exact) mass is 355 g/mol. The Balaban J connectivity index is 1.86. The highest BCUT2D eigenvalue weighted by Gasteiger charge is 2.40. The van der Waals surface area contributed by atoms with E-state index in [0.29, 0.717) is 17.1 Å². The Kier molecular flexibility index (Phi) is 4.74. The molecule has 1 aliphatic rings. The molecular weight excluding hydrogens is 341 g/mol. The van der Waals surface area contributed by atoms with Gasteiger partial charge in [0.05, 0.1) is 18.5 Å². The smallest absolute Gasteiger partial charge is 0.335 e. The largest absolute Gasteiger partial charge is 0.497 e. The van der Waals surface area contributed by atoms with E-state index in [1.54, 1.807) is 12.1 Å². The fourth-order valence-electron chi connectivity index (χ4n) is 2.39. The minimum Gasteiger partial charge on any atom is -0.497 e. The van der Waals surface area contributed by atoms with Gasteiger partial charge in [-0.1, -0.05) is 0 Å². The summed E-state index contributed by atoms with van der Waals surface area (Å²) in [7, 11) is 1.49. The first-order valence-electron chi connectivity index (χ1n) is 7.62. The Morgan fingerprint density at radius 1 is 1.08 bits per heavy atom. The topological polar surface area (TPSA) is 88.1 Å². The van der Waals surface area contributed by atoms with E-state index in [9.17, 15) is 18.8 Å². The van der Waals surface area contributed by atoms with Crippen LogP contribution in [-0.2, 0) is 9.59 Å². The first-order valence-corrected chi connectivity index (χ1v) is 7.62. The third-order valence-corrected chi connectivity index (χ3v) is 3.73. The van der Waals surface area contributed by atoms with Gasteiger partial charge in [0, 0.05) is 6.21 Å². The van der Waals surface area contributed by atoms with Gasteiger partial charge in [-0.05, 0) is 48.5 Å². The van der Waals surface area contributed by atoms with E-state index in [0.717, 1.165) is 11.1 Å². The van der Waals surface area contributed by atoms with Crippen LogP contribution < -0.4 is 15.0 Å². The highest BCUT2D eigenvalue weighted by Crippen LogP contribution is 2.23. The van der Waals surface area contributed by atoms with Gasteiger partial charge in [0.1, 0.15) is 11.6 Å². The van der Waals surface area contributed by atoms with E-state index in [1.807, 2.05) is 0 Å². The number of ether oxygens (including phenoxy) is 1. The standard InChI is InChI=1S/C18H14FN3O4/c1-26-14-8-6-13(7-9-14)22-17(24)15(16(23)21-18(22)25)10-20-12-4-2-11(19)3-5-12/h2-10,15H,1H3,(H,21,23,25)/t15-/m1/s1. The molecule has 0 bridgehead atoms. The Morgan fingerprint density at radius 2 is 1.73 bits per heavy atom. The van der Waals surface area contributed by atoms with Crippen molar-refractivity contribution >= 4 is 35.4 Å². The number of urea groups is 1. The summed E-state index contributed by atoms with van der Waals surface area (Å²) in [4.78, 5) is 41.6. The van der Waals surface area contributed by atoms with Crippen LogP contribution in [0.2, 0.25) is 0 Å². The van der Waals surface area contributed by atoms with E-state index in [4.69, 9.17) is 4.74 Å². The van der Waals surface area contributed by atoms with Crippen molar-refractivity contribution in [1.82, 2.24) is 5.32 Å². The highest BCUT2D eigenvalue weighted by molar-refractivity contribution is 6.32. The number of anilines is 1. The molecule has 1 fully saturated rings. The third-order valence-electron chi connectivity index (χ3n) is 3.73. The number of methoxy groups -OCH3 is 1. The van der Waals surface area contributed by atoms with Crippen molar-refractivity contribution in [3.8, 4) is 5.75 Å². The molecule has 0 radical (unpaired) electrons. The highest BCUT2D eigenvalue weighted by atomic mass is 19.1. The number of rotatable bonds is 4. The number of carbonyl (C=O) groups excluding carboxylic acids is 3. The van der Waals surface area contributed by atoms with E-state index < -0.39 is 29.6 Å². The van der Waals surface area contributed by atoms with Crippen molar-refractivity contribution in [2.75, 3.05) is 12.0 Å². The van der Waals surface area contributed by atoms with Crippen LogP contribution in [0.4, 0.5) is 20.6 Å². The molecule has 1 saturated heterocycles. The number of nitrogens with zero attached hydrogens (tertiary/aromatic N) is 2. The van der Waals surface area contributed by atoms with Gasteiger partial charge in [-0.25, -0.2) is 14.1 Å². The van der Waals surface area contributed by atoms with Crippen LogP contribution >= 0.6 is 0 Å². The molecule has 26 heavy (non-hydrogen) atoms. The molecule has 132 valence electrons. The molecule has 0 spiro atoms. The van der Waals surface area contributed by atoms with Gasteiger partial charge in [-0.3, -0.25) is 19.9 Å². The maximum absolute atomic E-state index is 12.9. The number of aliphatic imine (C=N–C) groups is 1. The van der Waals surface area contributed by atoms with E-state index in [2.05, 4.69) is 10.3 Å². The zero-order valence-electron chi connectivity index (χ0n) is 13.7. The zero-order valence-corrected chi connectivity index (χ0v) is 13.7. The van der Waals surface area contributed by atoms with Gasteiger partial charge in [0.25, 0.3) is 5.91 Å². The summed E-state index contributed by atoms with van der Waals surface area (Å²) in [5.74, 6) is -2.64. The zero-order chi connectivity index (χ0) is 18.7. The average molecular weight is 355 g/mol. The molecule has 4 amide bonds. The molecule has 0 aromatic heterocycles. The maximum Gasteiger partial charge on any atom is 0.335 e. The van der Waals surface area contributed by atoms with Gasteiger partial charge >= 0.3 is 6.03 Å². The van der Waals surface area contributed by atoms with Crippen molar-refractivity contribution in [2.24, 2.45) is 10.9 Å². The summed E-state index contributed by atoms with van der Waals surface area (Å²) in [6.07, 6.45) is 1.13. The summed E-state index contributed by atoms with van der Waals surface area (Å²) in [5.41, 5.74) is 0.667. The van der Waals surface area contributed by atoms with Gasteiger partial charge in [0.15, 0.2) is 5.92 Å². The van der Waals surface area contributed by atoms with Crippen LogP contribution in [0.5, 0.6) is 5.75 Å². The third kappa shape index (κ3) is 3.44. The summed E-state index contributed by atoms with van der Waals surface area (Å²) >= 11 is 0. The second-order valence-corrected chi connectivity index (χ2v) is 5.40. The molecule has 1 heterocycles. The summed E-state index contributed by atoms with van der Waals surface area (Å²) < 4.78 is 18.0. The van der Waals surface area contributed by atoms with Gasteiger partial charge in [0.2, 0.25) is 5.91 Å². The lowest BCUT2D eigenvalue weighted by atomic mass is 10.1. The number of amides is 4. The molecule has 2 aromatic carbocycles. The molecule has 1 aliphatic heterocycles. The van der Waals surface area contributed by atoms with Crippen LogP contribution in [0.15, 0.2) is 53.5 Å². The lowest BCUT2D eigenvalue weighted by molar-refractivity contribution is -0.131. The molecule has 1 N–H and O–H groups in total. The minimum atomic E-state index is -1.28. The van der Waals surface area contributed by atoms with E-state index >= 15 is 0 Å². The number of barbiturate groups is 1. The van der Waals surface area contributed by atoms with Crippen LogP contribution in [0.25, 0.3) is 0 Å². The van der Waals surface area contributed by atoms with Gasteiger partial charge < -0.3 is 4.74 Å². The Bertz CT molecular complexity index is 878. The molecule has 0 unspecified atom stereocenters. The summed E-state index contributed by atoms with van der Waals surface area (Å²) in [6.45, 7) is 0. The molecular formula is C18H14FN3O4. The van der Waals surface area contributed by atoms with Crippen molar-refractivity contribution in [3.05, 3.63) is 54.3 Å². The molecule has 0 aliphatic carbocycles. The molecule has 2 aromatic rings. The number of imide groups is 2. The van der Waals surface area contributed by atoms with Gasteiger partial charge in [-0.2, -0.15) is 0 Å². The Labute approximate surface area is 148 Å². The Morgan fingerprint density at radius 3 is 2.35 bits per heavy atom. The lowest BCUT2D eigenvalue weighted by Crippen LogP contribution is -2.58. The number of hydrogen-bond acceptors (Lipinski definition) is 5. The van der Waals surface area contributed by atoms with Crippen LogP contribution in [0, 0.1) is 11.7 Å². The number of halogens is 1. The minimum absolute atomic E-state index is 0.293. The number of benzene rings is 2. The quantitative estimate of drug-likeness (QED) is 0.674. The summed E-state index contributed by atoms with van der Waals surface area (Å²) in [5, 5.41) is 2.13. The number of carbonyl (C=O) groups is 3. The normalized spacial score (nSPS) is 17.5.